The number of carboxylic acid groups (broad SMARTS) is 2. The smallest absolute Gasteiger partial charge is 0.475 e. The molecule has 4 heterocycles. The first-order chi connectivity index (χ1) is 17.3. The van der Waals surface area contributed by atoms with Crippen LogP contribution in [0.4, 0.5) is 26.3 Å². The van der Waals surface area contributed by atoms with Crippen LogP contribution in [0.2, 0.25) is 0 Å². The van der Waals surface area contributed by atoms with Crippen LogP contribution in [0, 0.1) is 0 Å². The largest absolute Gasteiger partial charge is 0.490 e. The van der Waals surface area contributed by atoms with Gasteiger partial charge in [0.05, 0.1) is 17.4 Å². The molecule has 0 aromatic carbocycles. The van der Waals surface area contributed by atoms with E-state index < -0.39 is 24.3 Å². The second kappa shape index (κ2) is 13.4. The normalized spacial score (nSPS) is 18.2. The van der Waals surface area contributed by atoms with Crippen LogP contribution < -0.4 is 0 Å². The zero-order valence-electron chi connectivity index (χ0n) is 19.6. The summed E-state index contributed by atoms with van der Waals surface area (Å²) in [6, 6.07) is 8.81. The van der Waals surface area contributed by atoms with Crippen molar-refractivity contribution < 1.29 is 46.1 Å². The Kier molecular flexibility index (Phi) is 10.9. The second-order valence-electron chi connectivity index (χ2n) is 8.35. The first-order valence-corrected chi connectivity index (χ1v) is 11.2. The van der Waals surface area contributed by atoms with E-state index in [9.17, 15) is 26.3 Å². The highest BCUT2D eigenvalue weighted by Gasteiger charge is 2.38. The van der Waals surface area contributed by atoms with E-state index in [1.807, 2.05) is 18.5 Å². The molecule has 2 aromatic heterocycles. The van der Waals surface area contributed by atoms with Gasteiger partial charge < -0.3 is 15.1 Å². The van der Waals surface area contributed by atoms with Crippen LogP contribution in [0.1, 0.15) is 36.7 Å². The van der Waals surface area contributed by atoms with E-state index in [2.05, 4.69) is 42.8 Å². The Labute approximate surface area is 208 Å². The summed E-state index contributed by atoms with van der Waals surface area (Å²) < 4.78 is 65.7. The lowest BCUT2D eigenvalue weighted by molar-refractivity contribution is -0.193. The molecule has 0 radical (unpaired) electrons. The number of aromatic nitrogens is 3. The number of hydrogen-bond donors (Lipinski definition) is 2. The molecule has 1 saturated heterocycles. The van der Waals surface area contributed by atoms with E-state index >= 15 is 0 Å². The molecule has 1 unspecified atom stereocenters. The third-order valence-corrected chi connectivity index (χ3v) is 5.53. The fourth-order valence-corrected chi connectivity index (χ4v) is 3.86. The Morgan fingerprint density at radius 2 is 1.51 bits per heavy atom. The highest BCUT2D eigenvalue weighted by Crippen LogP contribution is 2.25. The van der Waals surface area contributed by atoms with Crippen molar-refractivity contribution in [2.75, 3.05) is 26.2 Å². The maximum atomic E-state index is 10.6. The average Bonchev–Trinajstić information content (AvgIpc) is 3.50. The van der Waals surface area contributed by atoms with Crippen LogP contribution in [0.15, 0.2) is 36.7 Å². The Morgan fingerprint density at radius 1 is 0.919 bits per heavy atom. The third kappa shape index (κ3) is 10.4. The van der Waals surface area contributed by atoms with Crippen LogP contribution in [0.3, 0.4) is 0 Å². The van der Waals surface area contributed by atoms with Gasteiger partial charge in [-0.2, -0.15) is 31.4 Å². The standard InChI is InChI=1S/C18H25N5.2C2HF3O2/c1-2-8-19-16(5-1)13-22-14-17-6-9-20-23(17)18(15-22)7-12-21-10-3-4-11-21;2*3-2(4,5)1(6)7/h1-2,5-6,8-9,18H,3-4,7,10-15H2;2*(H,6,7). The van der Waals surface area contributed by atoms with E-state index in [0.29, 0.717) is 6.04 Å². The third-order valence-electron chi connectivity index (χ3n) is 5.53. The van der Waals surface area contributed by atoms with Gasteiger partial charge in [0.25, 0.3) is 0 Å². The Hall–Kier alpha value is -3.20. The first kappa shape index (κ1) is 30.0. The molecular formula is C22H27F6N5O4. The van der Waals surface area contributed by atoms with Crippen molar-refractivity contribution >= 4 is 11.9 Å². The van der Waals surface area contributed by atoms with E-state index in [-0.39, 0.29) is 0 Å². The minimum Gasteiger partial charge on any atom is -0.475 e. The maximum absolute atomic E-state index is 10.6. The molecule has 0 bridgehead atoms. The van der Waals surface area contributed by atoms with Gasteiger partial charge in [-0.25, -0.2) is 9.59 Å². The number of halogens is 6. The zero-order valence-corrected chi connectivity index (χ0v) is 19.6. The molecule has 2 aromatic rings. The monoisotopic (exact) mass is 539 g/mol. The molecule has 2 aliphatic rings. The van der Waals surface area contributed by atoms with Crippen LogP contribution in [0.25, 0.3) is 0 Å². The molecule has 1 atom stereocenters. The molecule has 0 spiro atoms. The number of rotatable bonds is 5. The number of hydrogen-bond acceptors (Lipinski definition) is 6. The molecule has 15 heteroatoms. The molecule has 4 rings (SSSR count). The Morgan fingerprint density at radius 3 is 2.03 bits per heavy atom. The molecule has 2 aliphatic heterocycles. The minimum absolute atomic E-state index is 0.484. The molecular weight excluding hydrogens is 512 g/mol. The van der Waals surface area contributed by atoms with Crippen molar-refractivity contribution in [3.8, 4) is 0 Å². The Balaban J connectivity index is 0.000000286. The van der Waals surface area contributed by atoms with Gasteiger partial charge in [-0.15, -0.1) is 0 Å². The number of fused-ring (bicyclic) bond motifs is 1. The SMILES string of the molecule is O=C(O)C(F)(F)F.O=C(O)C(F)(F)F.c1ccc(CN2Cc3ccnn3C(CCN3CCCC3)C2)nc1. The molecule has 37 heavy (non-hydrogen) atoms. The van der Waals surface area contributed by atoms with Crippen LogP contribution in [-0.2, 0) is 22.7 Å². The van der Waals surface area contributed by atoms with Crippen molar-refractivity contribution in [3.63, 3.8) is 0 Å². The summed E-state index contributed by atoms with van der Waals surface area (Å²) in [6.45, 7) is 6.70. The Bertz CT molecular complexity index is 969. The topological polar surface area (TPSA) is 112 Å². The lowest BCUT2D eigenvalue weighted by Crippen LogP contribution is -2.38. The van der Waals surface area contributed by atoms with Gasteiger partial charge >= 0.3 is 24.3 Å². The van der Waals surface area contributed by atoms with Gasteiger partial charge in [0, 0.05) is 38.6 Å². The summed E-state index contributed by atoms with van der Waals surface area (Å²) in [5.74, 6) is -5.51. The summed E-state index contributed by atoms with van der Waals surface area (Å²) in [7, 11) is 0. The lowest BCUT2D eigenvalue weighted by Gasteiger charge is -2.34. The predicted octanol–water partition coefficient (Wildman–Crippen LogP) is 3.59. The van der Waals surface area contributed by atoms with Crippen LogP contribution in [-0.4, -0.2) is 85.2 Å². The number of carbonyl (C=O) groups is 2. The predicted molar refractivity (Wildman–Crippen MR) is 117 cm³/mol. The van der Waals surface area contributed by atoms with Crippen molar-refractivity contribution in [2.24, 2.45) is 0 Å². The number of carboxylic acids is 2. The van der Waals surface area contributed by atoms with E-state index in [1.165, 1.54) is 44.6 Å². The van der Waals surface area contributed by atoms with Gasteiger partial charge in [0.15, 0.2) is 0 Å². The molecule has 206 valence electrons. The van der Waals surface area contributed by atoms with Crippen molar-refractivity contribution in [3.05, 3.63) is 48.0 Å². The van der Waals surface area contributed by atoms with Gasteiger partial charge in [-0.1, -0.05) is 6.07 Å². The summed E-state index contributed by atoms with van der Waals surface area (Å²) in [4.78, 5) is 27.4. The maximum Gasteiger partial charge on any atom is 0.490 e. The molecule has 0 amide bonds. The minimum atomic E-state index is -5.08. The number of pyridine rings is 1. The highest BCUT2D eigenvalue weighted by molar-refractivity contribution is 5.73. The summed E-state index contributed by atoms with van der Waals surface area (Å²) >= 11 is 0. The molecule has 0 aliphatic carbocycles. The summed E-state index contributed by atoms with van der Waals surface area (Å²) in [6.07, 6.45) is -2.42. The number of alkyl halides is 6. The van der Waals surface area contributed by atoms with Gasteiger partial charge in [0.1, 0.15) is 0 Å². The number of aliphatic carboxylic acids is 2. The van der Waals surface area contributed by atoms with E-state index in [4.69, 9.17) is 19.8 Å². The van der Waals surface area contributed by atoms with Gasteiger partial charge in [0.2, 0.25) is 0 Å². The van der Waals surface area contributed by atoms with Crippen molar-refractivity contribution in [1.82, 2.24) is 24.6 Å². The fourth-order valence-electron chi connectivity index (χ4n) is 3.86. The fraction of sp³-hybridized carbons (Fsp3) is 0.545. The highest BCUT2D eigenvalue weighted by atomic mass is 19.4. The molecule has 0 saturated carbocycles. The average molecular weight is 539 g/mol. The quantitative estimate of drug-likeness (QED) is 0.555. The van der Waals surface area contributed by atoms with Crippen molar-refractivity contribution in [2.45, 2.75) is 50.7 Å². The second-order valence-corrected chi connectivity index (χ2v) is 8.35. The molecule has 1 fully saturated rings. The summed E-state index contributed by atoms with van der Waals surface area (Å²) in [5, 5.41) is 18.8. The number of likely N-dealkylation sites (tertiary alicyclic amines) is 1. The van der Waals surface area contributed by atoms with Gasteiger partial charge in [-0.3, -0.25) is 14.6 Å². The number of nitrogens with zero attached hydrogens (tertiary/aromatic N) is 5. The molecule has 2 N–H and O–H groups in total. The van der Waals surface area contributed by atoms with E-state index in [1.54, 1.807) is 0 Å². The molecule has 9 nitrogen and oxygen atoms in total. The first-order valence-electron chi connectivity index (χ1n) is 11.2. The van der Waals surface area contributed by atoms with Crippen molar-refractivity contribution in [1.29, 1.82) is 0 Å². The van der Waals surface area contributed by atoms with Crippen LogP contribution >= 0.6 is 0 Å². The lowest BCUT2D eigenvalue weighted by atomic mass is 10.1. The summed E-state index contributed by atoms with van der Waals surface area (Å²) in [5.41, 5.74) is 2.48. The van der Waals surface area contributed by atoms with E-state index in [0.717, 1.165) is 25.3 Å². The van der Waals surface area contributed by atoms with Gasteiger partial charge in [-0.05, 0) is 50.6 Å². The zero-order chi connectivity index (χ0) is 27.6. The van der Waals surface area contributed by atoms with Crippen LogP contribution in [0.5, 0.6) is 0 Å².